The summed E-state index contributed by atoms with van der Waals surface area (Å²) in [4.78, 5) is 24.1. The lowest BCUT2D eigenvalue weighted by Crippen LogP contribution is -2.28. The van der Waals surface area contributed by atoms with Gasteiger partial charge < -0.3 is 14.6 Å². The Morgan fingerprint density at radius 2 is 0.826 bits per heavy atom. The molecular weight excluding hydrogens is 572 g/mol. The van der Waals surface area contributed by atoms with Gasteiger partial charge in [0.05, 0.1) is 6.61 Å². The number of ether oxygens (including phenoxy) is 2. The summed E-state index contributed by atoms with van der Waals surface area (Å²) in [6.45, 7) is 4.11. The van der Waals surface area contributed by atoms with Crippen LogP contribution < -0.4 is 0 Å². The fourth-order valence-corrected chi connectivity index (χ4v) is 5.97. The minimum absolute atomic E-state index is 0.0754. The number of carbonyl (C=O) groups is 2. The van der Waals surface area contributed by atoms with Gasteiger partial charge in [0, 0.05) is 12.8 Å². The maximum atomic E-state index is 12.1. The molecule has 1 atom stereocenters. The van der Waals surface area contributed by atoms with Crippen LogP contribution in [0.5, 0.6) is 0 Å². The molecule has 0 aliphatic rings. The number of esters is 2. The second-order valence-corrected chi connectivity index (χ2v) is 13.7. The molecule has 0 bridgehead atoms. The molecule has 0 aliphatic carbocycles. The van der Waals surface area contributed by atoms with Gasteiger partial charge in [0.1, 0.15) is 6.61 Å². The third-order valence-electron chi connectivity index (χ3n) is 9.06. The van der Waals surface area contributed by atoms with E-state index in [1.165, 1.54) is 154 Å². The Bertz CT molecular complexity index is 661. The maximum Gasteiger partial charge on any atom is 0.306 e. The molecule has 0 amide bonds. The molecule has 0 rings (SSSR count). The lowest BCUT2D eigenvalue weighted by Gasteiger charge is -2.15. The number of hydrogen-bond donors (Lipinski definition) is 1. The van der Waals surface area contributed by atoms with Gasteiger partial charge in [0.15, 0.2) is 6.10 Å². The summed E-state index contributed by atoms with van der Waals surface area (Å²) in [7, 11) is 0. The number of allylic oxidation sites excluding steroid dienone is 2. The Kier molecular flexibility index (Phi) is 37.0. The minimum atomic E-state index is -0.774. The molecular formula is C41H78O5. The van der Waals surface area contributed by atoms with Crippen molar-refractivity contribution in [3.05, 3.63) is 12.2 Å². The summed E-state index contributed by atoms with van der Waals surface area (Å²) in [5, 5.41) is 9.51. The van der Waals surface area contributed by atoms with Crippen molar-refractivity contribution in [2.24, 2.45) is 0 Å². The largest absolute Gasteiger partial charge is 0.462 e. The van der Waals surface area contributed by atoms with Crippen molar-refractivity contribution in [1.82, 2.24) is 0 Å². The average molecular weight is 651 g/mol. The first-order valence-corrected chi connectivity index (χ1v) is 20.2. The van der Waals surface area contributed by atoms with E-state index in [4.69, 9.17) is 9.47 Å². The van der Waals surface area contributed by atoms with Crippen molar-refractivity contribution in [1.29, 1.82) is 0 Å². The van der Waals surface area contributed by atoms with Crippen LogP contribution in [0.2, 0.25) is 0 Å². The zero-order valence-electron chi connectivity index (χ0n) is 30.9. The predicted molar refractivity (Wildman–Crippen MR) is 196 cm³/mol. The molecule has 0 aliphatic heterocycles. The van der Waals surface area contributed by atoms with Crippen molar-refractivity contribution < 1.29 is 24.2 Å². The van der Waals surface area contributed by atoms with Gasteiger partial charge in [-0.05, 0) is 32.1 Å². The molecule has 0 saturated heterocycles. The standard InChI is InChI=1S/C41H78O5/c1-3-5-7-9-11-13-14-15-16-17-18-19-20-21-22-23-24-25-26-28-29-31-33-35-40(43)45-38-39(37-42)46-41(44)36-34-32-30-27-12-10-8-6-4-2/h28-29,39,42H,3-27,30-38H2,1-2H3/b29-28+/t39-/m0/s1. The van der Waals surface area contributed by atoms with Crippen LogP contribution in [0.15, 0.2) is 12.2 Å². The van der Waals surface area contributed by atoms with Crippen LogP contribution in [0, 0.1) is 0 Å². The first-order chi connectivity index (χ1) is 22.6. The summed E-state index contributed by atoms with van der Waals surface area (Å²) in [6.07, 6.45) is 43.0. The Morgan fingerprint density at radius 1 is 0.478 bits per heavy atom. The molecule has 0 fully saturated rings. The van der Waals surface area contributed by atoms with Crippen LogP contribution in [0.1, 0.15) is 219 Å². The highest BCUT2D eigenvalue weighted by Gasteiger charge is 2.16. The van der Waals surface area contributed by atoms with Crippen molar-refractivity contribution >= 4 is 11.9 Å². The first kappa shape index (κ1) is 44.6. The molecule has 0 heterocycles. The quantitative estimate of drug-likeness (QED) is 0.0411. The first-order valence-electron chi connectivity index (χ1n) is 20.2. The van der Waals surface area contributed by atoms with E-state index in [0.717, 1.165) is 38.5 Å². The van der Waals surface area contributed by atoms with Crippen LogP contribution in [-0.4, -0.2) is 36.4 Å². The van der Waals surface area contributed by atoms with E-state index in [9.17, 15) is 14.7 Å². The molecule has 0 radical (unpaired) electrons. The van der Waals surface area contributed by atoms with Gasteiger partial charge in [-0.2, -0.15) is 0 Å². The highest BCUT2D eigenvalue weighted by atomic mass is 16.6. The van der Waals surface area contributed by atoms with Crippen molar-refractivity contribution in [2.45, 2.75) is 225 Å². The highest BCUT2D eigenvalue weighted by molar-refractivity contribution is 5.70. The van der Waals surface area contributed by atoms with Crippen molar-refractivity contribution in [3.8, 4) is 0 Å². The molecule has 0 spiro atoms. The predicted octanol–water partition coefficient (Wildman–Crippen LogP) is 12.5. The number of aliphatic hydroxyl groups excluding tert-OH is 1. The van der Waals surface area contributed by atoms with Gasteiger partial charge in [-0.15, -0.1) is 0 Å². The monoisotopic (exact) mass is 651 g/mol. The zero-order valence-corrected chi connectivity index (χ0v) is 30.9. The van der Waals surface area contributed by atoms with Gasteiger partial charge in [-0.3, -0.25) is 9.59 Å². The second kappa shape index (κ2) is 38.1. The maximum absolute atomic E-state index is 12.1. The minimum Gasteiger partial charge on any atom is -0.462 e. The topological polar surface area (TPSA) is 72.8 Å². The van der Waals surface area contributed by atoms with Gasteiger partial charge in [-0.25, -0.2) is 0 Å². The second-order valence-electron chi connectivity index (χ2n) is 13.7. The Labute approximate surface area is 286 Å². The van der Waals surface area contributed by atoms with Gasteiger partial charge >= 0.3 is 11.9 Å². The molecule has 0 aromatic heterocycles. The summed E-state index contributed by atoms with van der Waals surface area (Å²) >= 11 is 0. The van der Waals surface area contributed by atoms with Crippen molar-refractivity contribution in [2.75, 3.05) is 13.2 Å². The smallest absolute Gasteiger partial charge is 0.306 e. The normalized spacial score (nSPS) is 12.2. The van der Waals surface area contributed by atoms with Gasteiger partial charge in [0.2, 0.25) is 0 Å². The fourth-order valence-electron chi connectivity index (χ4n) is 5.97. The van der Waals surface area contributed by atoms with E-state index in [-0.39, 0.29) is 25.2 Å². The highest BCUT2D eigenvalue weighted by Crippen LogP contribution is 2.15. The molecule has 1 N–H and O–H groups in total. The van der Waals surface area contributed by atoms with E-state index in [0.29, 0.717) is 12.8 Å². The lowest BCUT2D eigenvalue weighted by atomic mass is 10.0. The molecule has 0 aromatic rings. The molecule has 5 nitrogen and oxygen atoms in total. The molecule has 5 heteroatoms. The summed E-state index contributed by atoms with van der Waals surface area (Å²) in [5.74, 6) is -0.622. The van der Waals surface area contributed by atoms with Crippen LogP contribution >= 0.6 is 0 Å². The van der Waals surface area contributed by atoms with E-state index in [1.54, 1.807) is 0 Å². The average Bonchev–Trinajstić information content (AvgIpc) is 3.06. The third kappa shape index (κ3) is 35.5. The van der Waals surface area contributed by atoms with E-state index < -0.39 is 6.10 Å². The molecule has 272 valence electrons. The number of carbonyl (C=O) groups excluding carboxylic acids is 2. The Balaban J connectivity index is 3.47. The number of unbranched alkanes of at least 4 members (excludes halogenated alkanes) is 27. The van der Waals surface area contributed by atoms with Crippen LogP contribution in [0.4, 0.5) is 0 Å². The van der Waals surface area contributed by atoms with E-state index in [1.807, 2.05) is 0 Å². The SMILES string of the molecule is CCCCCCCCCCCCCCCCCCCC/C=C/CCCC(=O)OC[C@H](CO)OC(=O)CCCCCCCCCCC. The summed E-state index contributed by atoms with van der Waals surface area (Å²) < 4.78 is 10.5. The molecule has 0 aromatic carbocycles. The summed E-state index contributed by atoms with van der Waals surface area (Å²) in [6, 6.07) is 0. The number of aliphatic hydroxyl groups is 1. The van der Waals surface area contributed by atoms with Gasteiger partial charge in [-0.1, -0.05) is 187 Å². The number of hydrogen-bond acceptors (Lipinski definition) is 5. The van der Waals surface area contributed by atoms with Gasteiger partial charge in [0.25, 0.3) is 0 Å². The number of rotatable bonds is 37. The lowest BCUT2D eigenvalue weighted by molar-refractivity contribution is -0.161. The van der Waals surface area contributed by atoms with E-state index in [2.05, 4.69) is 26.0 Å². The molecule has 0 unspecified atom stereocenters. The Morgan fingerprint density at radius 3 is 1.24 bits per heavy atom. The van der Waals surface area contributed by atoms with E-state index >= 15 is 0 Å². The van der Waals surface area contributed by atoms with Crippen LogP contribution in [0.3, 0.4) is 0 Å². The van der Waals surface area contributed by atoms with Crippen LogP contribution in [0.25, 0.3) is 0 Å². The molecule has 46 heavy (non-hydrogen) atoms. The Hall–Kier alpha value is -1.36. The zero-order chi connectivity index (χ0) is 33.6. The fraction of sp³-hybridized carbons (Fsp3) is 0.902. The van der Waals surface area contributed by atoms with Crippen LogP contribution in [-0.2, 0) is 19.1 Å². The van der Waals surface area contributed by atoms with Crippen molar-refractivity contribution in [3.63, 3.8) is 0 Å². The molecule has 0 saturated carbocycles. The third-order valence-corrected chi connectivity index (χ3v) is 9.06. The summed E-state index contributed by atoms with van der Waals surface area (Å²) in [5.41, 5.74) is 0.